The Kier molecular flexibility index (Phi) is 4.90. The zero-order chi connectivity index (χ0) is 13.9. The maximum atomic E-state index is 11.9. The molecule has 0 aliphatic heterocycles. The Labute approximate surface area is 112 Å². The summed E-state index contributed by atoms with van der Waals surface area (Å²) in [5.41, 5.74) is 0.353. The van der Waals surface area contributed by atoms with Crippen LogP contribution < -0.4 is 4.72 Å². The average molecular weight is 290 g/mol. The number of carbonyl (C=O) groups is 1. The lowest BCUT2D eigenvalue weighted by atomic mass is 10.0. The summed E-state index contributed by atoms with van der Waals surface area (Å²) in [6, 6.07) is 4.29. The molecule has 1 aromatic rings. The first kappa shape index (κ1) is 15.1. The largest absolute Gasteiger partial charge is 0.294 e. The molecule has 1 rings (SSSR count). The smallest absolute Gasteiger partial charge is 0.242 e. The fraction of sp³-hybridized carbons (Fsp3) is 0.417. The van der Waals surface area contributed by atoms with Gasteiger partial charge in [-0.25, -0.2) is 13.1 Å². The molecule has 0 amide bonds. The quantitative estimate of drug-likeness (QED) is 0.847. The van der Waals surface area contributed by atoms with Crippen molar-refractivity contribution in [2.45, 2.75) is 25.7 Å². The van der Waals surface area contributed by atoms with Crippen LogP contribution in [0, 0.1) is 5.92 Å². The number of nitrogens with one attached hydrogen (secondary N) is 1. The molecule has 0 aromatic heterocycles. The normalized spacial score (nSPS) is 11.8. The van der Waals surface area contributed by atoms with Gasteiger partial charge in [0.15, 0.2) is 5.78 Å². The minimum atomic E-state index is -3.66. The van der Waals surface area contributed by atoms with Gasteiger partial charge in [0.2, 0.25) is 10.0 Å². The fourth-order valence-electron chi connectivity index (χ4n) is 1.46. The SMILES string of the molecule is CCNS(=O)(=O)c1cc(C(=O)C(C)C)ccc1Cl. The molecular weight excluding hydrogens is 274 g/mol. The van der Waals surface area contributed by atoms with E-state index in [0.717, 1.165) is 0 Å². The Bertz CT molecular complexity index is 552. The maximum absolute atomic E-state index is 11.9. The Morgan fingerprint density at radius 3 is 2.50 bits per heavy atom. The zero-order valence-corrected chi connectivity index (χ0v) is 12.1. The van der Waals surface area contributed by atoms with E-state index in [2.05, 4.69) is 4.72 Å². The molecule has 0 bridgehead atoms. The molecule has 0 spiro atoms. The van der Waals surface area contributed by atoms with Crippen molar-refractivity contribution in [3.8, 4) is 0 Å². The minimum Gasteiger partial charge on any atom is -0.294 e. The molecule has 0 atom stereocenters. The summed E-state index contributed by atoms with van der Waals surface area (Å²) in [5, 5.41) is 0.108. The molecule has 0 radical (unpaired) electrons. The molecule has 4 nitrogen and oxygen atoms in total. The fourth-order valence-corrected chi connectivity index (χ4v) is 3.03. The van der Waals surface area contributed by atoms with Gasteiger partial charge in [-0.2, -0.15) is 0 Å². The van der Waals surface area contributed by atoms with E-state index in [-0.39, 0.29) is 28.2 Å². The first-order valence-corrected chi connectivity index (χ1v) is 7.49. The highest BCUT2D eigenvalue weighted by Crippen LogP contribution is 2.23. The van der Waals surface area contributed by atoms with Crippen molar-refractivity contribution in [1.82, 2.24) is 4.72 Å². The van der Waals surface area contributed by atoms with E-state index in [9.17, 15) is 13.2 Å². The number of benzene rings is 1. The number of rotatable bonds is 5. The number of sulfonamides is 1. The molecule has 1 N–H and O–H groups in total. The molecule has 0 saturated carbocycles. The third-order valence-electron chi connectivity index (χ3n) is 2.36. The van der Waals surface area contributed by atoms with Gasteiger partial charge < -0.3 is 0 Å². The van der Waals surface area contributed by atoms with Crippen molar-refractivity contribution in [3.63, 3.8) is 0 Å². The monoisotopic (exact) mass is 289 g/mol. The number of hydrogen-bond acceptors (Lipinski definition) is 3. The predicted molar refractivity (Wildman–Crippen MR) is 71.5 cm³/mol. The molecule has 0 aliphatic carbocycles. The summed E-state index contributed by atoms with van der Waals surface area (Å²) >= 11 is 5.87. The first-order chi connectivity index (χ1) is 8.29. The molecule has 6 heteroatoms. The van der Waals surface area contributed by atoms with Gasteiger partial charge in [0.1, 0.15) is 4.90 Å². The summed E-state index contributed by atoms with van der Waals surface area (Å²) < 4.78 is 26.1. The summed E-state index contributed by atoms with van der Waals surface area (Å²) in [5.74, 6) is -0.305. The van der Waals surface area contributed by atoms with Gasteiger partial charge in [-0.3, -0.25) is 4.79 Å². The highest BCUT2D eigenvalue weighted by Gasteiger charge is 2.20. The van der Waals surface area contributed by atoms with Crippen LogP contribution in [0.5, 0.6) is 0 Å². The van der Waals surface area contributed by atoms with E-state index in [1.165, 1.54) is 18.2 Å². The molecule has 0 aliphatic rings. The van der Waals surface area contributed by atoms with E-state index < -0.39 is 10.0 Å². The molecule has 0 saturated heterocycles. The number of halogens is 1. The summed E-state index contributed by atoms with van der Waals surface area (Å²) in [6.07, 6.45) is 0. The van der Waals surface area contributed by atoms with Crippen molar-refractivity contribution in [3.05, 3.63) is 28.8 Å². The average Bonchev–Trinajstić information content (AvgIpc) is 2.28. The van der Waals surface area contributed by atoms with Gasteiger partial charge in [0, 0.05) is 18.0 Å². The van der Waals surface area contributed by atoms with E-state index in [1.807, 2.05) is 0 Å². The van der Waals surface area contributed by atoms with Crippen molar-refractivity contribution in [2.24, 2.45) is 5.92 Å². The van der Waals surface area contributed by atoms with Gasteiger partial charge in [0.25, 0.3) is 0 Å². The lowest BCUT2D eigenvalue weighted by molar-refractivity contribution is 0.0939. The Hall–Kier alpha value is -0.910. The van der Waals surface area contributed by atoms with E-state index in [4.69, 9.17) is 11.6 Å². The topological polar surface area (TPSA) is 63.2 Å². The van der Waals surface area contributed by atoms with Gasteiger partial charge >= 0.3 is 0 Å². The third-order valence-corrected chi connectivity index (χ3v) is 4.39. The number of hydrogen-bond donors (Lipinski definition) is 1. The molecule has 100 valence electrons. The van der Waals surface area contributed by atoms with Gasteiger partial charge in [0.05, 0.1) is 5.02 Å². The summed E-state index contributed by atoms with van der Waals surface area (Å²) in [4.78, 5) is 11.8. The lowest BCUT2D eigenvalue weighted by Gasteiger charge is -2.09. The first-order valence-electron chi connectivity index (χ1n) is 5.63. The standard InChI is InChI=1S/C12H16ClNO3S/c1-4-14-18(16,17)11-7-9(5-6-10(11)13)12(15)8(2)3/h5-8,14H,4H2,1-3H3. The Balaban J connectivity index is 3.30. The predicted octanol–water partition coefficient (Wildman–Crippen LogP) is 2.48. The van der Waals surface area contributed by atoms with Crippen LogP contribution in [0.3, 0.4) is 0 Å². The van der Waals surface area contributed by atoms with Crippen molar-refractivity contribution in [2.75, 3.05) is 6.54 Å². The van der Waals surface area contributed by atoms with Crippen LogP contribution in [0.1, 0.15) is 31.1 Å². The second kappa shape index (κ2) is 5.82. The van der Waals surface area contributed by atoms with Gasteiger partial charge in [-0.1, -0.05) is 32.4 Å². The second-order valence-corrected chi connectivity index (χ2v) is 6.31. The van der Waals surface area contributed by atoms with Gasteiger partial charge in [-0.15, -0.1) is 0 Å². The van der Waals surface area contributed by atoms with E-state index in [0.29, 0.717) is 5.56 Å². The summed E-state index contributed by atoms with van der Waals surface area (Å²) in [6.45, 7) is 5.46. The van der Waals surface area contributed by atoms with Crippen LogP contribution in [0.4, 0.5) is 0 Å². The lowest BCUT2D eigenvalue weighted by Crippen LogP contribution is -2.24. The Morgan fingerprint density at radius 2 is 2.00 bits per heavy atom. The highest BCUT2D eigenvalue weighted by atomic mass is 35.5. The molecule has 1 aromatic carbocycles. The van der Waals surface area contributed by atoms with Crippen LogP contribution in [0.25, 0.3) is 0 Å². The van der Waals surface area contributed by atoms with Crippen molar-refractivity contribution in [1.29, 1.82) is 0 Å². The summed E-state index contributed by atoms with van der Waals surface area (Å²) in [7, 11) is -3.66. The number of Topliss-reactive ketones (excluding diaryl/α,β-unsaturated/α-hetero) is 1. The van der Waals surface area contributed by atoms with Crippen molar-refractivity contribution >= 4 is 27.4 Å². The molecule has 0 unspecified atom stereocenters. The maximum Gasteiger partial charge on any atom is 0.242 e. The molecule has 0 fully saturated rings. The van der Waals surface area contributed by atoms with Crippen LogP contribution >= 0.6 is 11.6 Å². The number of ketones is 1. The molecular formula is C12H16ClNO3S. The minimum absolute atomic E-state index is 0.0579. The van der Waals surface area contributed by atoms with Crippen LogP contribution in [-0.4, -0.2) is 20.7 Å². The van der Waals surface area contributed by atoms with E-state index in [1.54, 1.807) is 20.8 Å². The van der Waals surface area contributed by atoms with Crippen molar-refractivity contribution < 1.29 is 13.2 Å². The van der Waals surface area contributed by atoms with Crippen LogP contribution in [0.15, 0.2) is 23.1 Å². The van der Waals surface area contributed by atoms with Crippen LogP contribution in [0.2, 0.25) is 5.02 Å². The Morgan fingerprint density at radius 1 is 1.39 bits per heavy atom. The second-order valence-electron chi connectivity index (χ2n) is 4.17. The van der Waals surface area contributed by atoms with Gasteiger partial charge in [-0.05, 0) is 18.2 Å². The third kappa shape index (κ3) is 3.31. The molecule has 0 heterocycles. The van der Waals surface area contributed by atoms with Crippen LogP contribution in [-0.2, 0) is 10.0 Å². The number of carbonyl (C=O) groups excluding carboxylic acids is 1. The molecule has 18 heavy (non-hydrogen) atoms. The zero-order valence-electron chi connectivity index (χ0n) is 10.5. The van der Waals surface area contributed by atoms with E-state index >= 15 is 0 Å². The highest BCUT2D eigenvalue weighted by molar-refractivity contribution is 7.89.